The molecule has 7 heteroatoms. The second kappa shape index (κ2) is 9.65. The van der Waals surface area contributed by atoms with Gasteiger partial charge >= 0.3 is 0 Å². The highest BCUT2D eigenvalue weighted by atomic mass is 79.9. The molecule has 1 aliphatic heterocycles. The van der Waals surface area contributed by atoms with Crippen molar-refractivity contribution in [3.8, 4) is 0 Å². The molecule has 0 spiro atoms. The lowest BCUT2D eigenvalue weighted by Gasteiger charge is -2.21. The average Bonchev–Trinajstić information content (AvgIpc) is 3.02. The van der Waals surface area contributed by atoms with Crippen LogP contribution in [0.1, 0.15) is 26.7 Å². The number of amides is 1. The van der Waals surface area contributed by atoms with Crippen molar-refractivity contribution in [2.75, 3.05) is 31.6 Å². The van der Waals surface area contributed by atoms with Crippen molar-refractivity contribution in [1.82, 2.24) is 16.0 Å². The topological polar surface area (TPSA) is 68.8 Å². The molecule has 0 aromatic heterocycles. The molecule has 25 heavy (non-hydrogen) atoms. The Labute approximate surface area is 158 Å². The highest BCUT2D eigenvalue weighted by molar-refractivity contribution is 9.10. The zero-order valence-corrected chi connectivity index (χ0v) is 16.8. The zero-order valence-electron chi connectivity index (χ0n) is 15.2. The van der Waals surface area contributed by atoms with E-state index in [2.05, 4.69) is 60.0 Å². The molecule has 1 saturated heterocycles. The van der Waals surface area contributed by atoms with Gasteiger partial charge in [-0.1, -0.05) is 12.1 Å². The van der Waals surface area contributed by atoms with Gasteiger partial charge in [-0.15, -0.1) is 0 Å². The van der Waals surface area contributed by atoms with Gasteiger partial charge in [-0.25, -0.2) is 0 Å². The Balaban J connectivity index is 1.77. The molecule has 0 bridgehead atoms. The number of guanidine groups is 1. The number of aliphatic imine (C=N–C) groups is 1. The predicted molar refractivity (Wildman–Crippen MR) is 107 cm³/mol. The van der Waals surface area contributed by atoms with Crippen LogP contribution < -0.4 is 20.9 Å². The van der Waals surface area contributed by atoms with Crippen molar-refractivity contribution in [3.63, 3.8) is 0 Å². The van der Waals surface area contributed by atoms with E-state index in [1.807, 2.05) is 19.9 Å². The molecule has 1 aromatic carbocycles. The molecule has 0 aliphatic carbocycles. The maximum Gasteiger partial charge on any atom is 0.221 e. The Kier molecular flexibility index (Phi) is 7.55. The first-order valence-corrected chi connectivity index (χ1v) is 9.55. The van der Waals surface area contributed by atoms with Crippen molar-refractivity contribution >= 4 is 33.5 Å². The first kappa shape index (κ1) is 19.6. The third-order valence-electron chi connectivity index (χ3n) is 4.04. The molecular weight excluding hydrogens is 382 g/mol. The van der Waals surface area contributed by atoms with E-state index >= 15 is 0 Å². The van der Waals surface area contributed by atoms with Crippen molar-refractivity contribution < 1.29 is 4.79 Å². The van der Waals surface area contributed by atoms with Crippen LogP contribution in [-0.4, -0.2) is 50.6 Å². The summed E-state index contributed by atoms with van der Waals surface area (Å²) in [6.07, 6.45) is 1.49. The summed E-state index contributed by atoms with van der Waals surface area (Å²) in [5.41, 5.74) is 1.22. The van der Waals surface area contributed by atoms with Gasteiger partial charge in [0.25, 0.3) is 0 Å². The van der Waals surface area contributed by atoms with Gasteiger partial charge in [-0.3, -0.25) is 9.79 Å². The fourth-order valence-corrected chi connectivity index (χ4v) is 3.42. The lowest BCUT2D eigenvalue weighted by molar-refractivity contribution is -0.121. The number of hydrogen-bond donors (Lipinski definition) is 3. The molecule has 1 aromatic rings. The second-order valence-corrected chi connectivity index (χ2v) is 7.35. The summed E-state index contributed by atoms with van der Waals surface area (Å²) in [7, 11) is 1.75. The Hall–Kier alpha value is -1.76. The number of hydrogen-bond acceptors (Lipinski definition) is 3. The second-order valence-electron chi connectivity index (χ2n) is 6.50. The Morgan fingerprint density at radius 3 is 2.84 bits per heavy atom. The molecule has 1 atom stereocenters. The number of benzene rings is 1. The third kappa shape index (κ3) is 6.23. The van der Waals surface area contributed by atoms with Crippen LogP contribution in [0.5, 0.6) is 0 Å². The summed E-state index contributed by atoms with van der Waals surface area (Å²) in [4.78, 5) is 18.3. The number of carbonyl (C=O) groups is 1. The maximum absolute atomic E-state index is 11.7. The van der Waals surface area contributed by atoms with Crippen LogP contribution in [0.2, 0.25) is 0 Å². The van der Waals surface area contributed by atoms with E-state index in [-0.39, 0.29) is 11.9 Å². The minimum absolute atomic E-state index is 0.0546. The van der Waals surface area contributed by atoms with Crippen LogP contribution in [-0.2, 0) is 4.79 Å². The van der Waals surface area contributed by atoms with Gasteiger partial charge in [-0.05, 0) is 48.3 Å². The molecular formula is C18H28BrN5O. The zero-order chi connectivity index (χ0) is 18.2. The van der Waals surface area contributed by atoms with Gasteiger partial charge in [0.05, 0.1) is 5.69 Å². The first-order valence-electron chi connectivity index (χ1n) is 8.75. The molecule has 0 saturated carbocycles. The number of para-hydroxylation sites is 1. The monoisotopic (exact) mass is 409 g/mol. The molecule has 1 heterocycles. The van der Waals surface area contributed by atoms with E-state index < -0.39 is 0 Å². The molecule has 3 N–H and O–H groups in total. The van der Waals surface area contributed by atoms with Crippen LogP contribution in [0.25, 0.3) is 0 Å². The summed E-state index contributed by atoms with van der Waals surface area (Å²) < 4.78 is 1.12. The van der Waals surface area contributed by atoms with E-state index in [1.165, 1.54) is 5.69 Å². The smallest absolute Gasteiger partial charge is 0.221 e. The Morgan fingerprint density at radius 2 is 2.16 bits per heavy atom. The van der Waals surface area contributed by atoms with E-state index in [1.54, 1.807) is 7.05 Å². The summed E-state index contributed by atoms with van der Waals surface area (Å²) in [5.74, 6) is 0.801. The minimum Gasteiger partial charge on any atom is -0.368 e. The molecule has 1 aliphatic rings. The normalized spacial score (nSPS) is 17.7. The lowest BCUT2D eigenvalue weighted by atomic mass is 10.2. The SMILES string of the molecule is CN=C(NCCC(=O)NC(C)C)NC1CCN(c2ccccc2Br)C1. The summed E-state index contributed by atoms with van der Waals surface area (Å²) in [6, 6.07) is 8.80. The van der Waals surface area contributed by atoms with Crippen LogP contribution in [0.3, 0.4) is 0 Å². The fraction of sp³-hybridized carbons (Fsp3) is 0.556. The number of nitrogens with one attached hydrogen (secondary N) is 3. The third-order valence-corrected chi connectivity index (χ3v) is 4.71. The highest BCUT2D eigenvalue weighted by Crippen LogP contribution is 2.28. The standard InChI is InChI=1S/C18H28BrN5O/c1-13(2)22-17(25)8-10-21-18(20-3)23-14-9-11-24(12-14)16-7-5-4-6-15(16)19/h4-7,13-14H,8-12H2,1-3H3,(H,22,25)(H2,20,21,23). The Bertz CT molecular complexity index is 605. The van der Waals surface area contributed by atoms with E-state index in [0.29, 0.717) is 19.0 Å². The summed E-state index contributed by atoms with van der Waals surface area (Å²) >= 11 is 3.62. The quantitative estimate of drug-likeness (QED) is 0.497. The molecule has 2 rings (SSSR count). The Morgan fingerprint density at radius 1 is 1.40 bits per heavy atom. The van der Waals surface area contributed by atoms with Crippen molar-refractivity contribution in [1.29, 1.82) is 0 Å². The first-order chi connectivity index (χ1) is 12.0. The van der Waals surface area contributed by atoms with Gasteiger partial charge in [0.15, 0.2) is 5.96 Å². The minimum atomic E-state index is 0.0546. The van der Waals surface area contributed by atoms with Gasteiger partial charge in [0, 0.05) is 49.7 Å². The number of rotatable bonds is 6. The molecule has 138 valence electrons. The van der Waals surface area contributed by atoms with Gasteiger partial charge < -0.3 is 20.9 Å². The largest absolute Gasteiger partial charge is 0.368 e. The van der Waals surface area contributed by atoms with Crippen molar-refractivity contribution in [2.24, 2.45) is 4.99 Å². The van der Waals surface area contributed by atoms with Crippen molar-refractivity contribution in [3.05, 3.63) is 28.7 Å². The van der Waals surface area contributed by atoms with Gasteiger partial charge in [0.2, 0.25) is 5.91 Å². The summed E-state index contributed by atoms with van der Waals surface area (Å²) in [6.45, 7) is 6.43. The highest BCUT2D eigenvalue weighted by Gasteiger charge is 2.24. The van der Waals surface area contributed by atoms with Crippen LogP contribution >= 0.6 is 15.9 Å². The number of anilines is 1. The van der Waals surface area contributed by atoms with Crippen LogP contribution in [0.15, 0.2) is 33.7 Å². The molecule has 1 unspecified atom stereocenters. The molecule has 6 nitrogen and oxygen atoms in total. The number of carbonyl (C=O) groups excluding carboxylic acids is 1. The number of nitrogens with zero attached hydrogens (tertiary/aromatic N) is 2. The molecule has 0 radical (unpaired) electrons. The predicted octanol–water partition coefficient (Wildman–Crippen LogP) is 2.11. The lowest BCUT2D eigenvalue weighted by Crippen LogP contribution is -2.45. The van der Waals surface area contributed by atoms with E-state index in [0.717, 1.165) is 29.9 Å². The molecule has 1 fully saturated rings. The van der Waals surface area contributed by atoms with Gasteiger partial charge in [0.1, 0.15) is 0 Å². The summed E-state index contributed by atoms with van der Waals surface area (Å²) in [5, 5.41) is 9.55. The van der Waals surface area contributed by atoms with Crippen molar-refractivity contribution in [2.45, 2.75) is 38.8 Å². The van der Waals surface area contributed by atoms with Crippen LogP contribution in [0.4, 0.5) is 5.69 Å². The average molecular weight is 410 g/mol. The van der Waals surface area contributed by atoms with E-state index in [4.69, 9.17) is 0 Å². The maximum atomic E-state index is 11.7. The van der Waals surface area contributed by atoms with E-state index in [9.17, 15) is 4.79 Å². The fourth-order valence-electron chi connectivity index (χ4n) is 2.88. The van der Waals surface area contributed by atoms with Crippen LogP contribution in [0, 0.1) is 0 Å². The number of halogens is 1. The van der Waals surface area contributed by atoms with Gasteiger partial charge in [-0.2, -0.15) is 0 Å². The molecule has 1 amide bonds.